The summed E-state index contributed by atoms with van der Waals surface area (Å²) in [7, 11) is -2.17. The van der Waals surface area contributed by atoms with Gasteiger partial charge in [-0.3, -0.25) is 9.59 Å². The number of ether oxygens (including phenoxy) is 2. The van der Waals surface area contributed by atoms with E-state index < -0.39 is 16.1 Å². The molecule has 0 radical (unpaired) electrons. The maximum Gasteiger partial charge on any atom is 0.246 e. The number of rotatable bonds is 8. The minimum absolute atomic E-state index is 0.104. The van der Waals surface area contributed by atoms with Gasteiger partial charge in [0.2, 0.25) is 21.8 Å². The monoisotopic (exact) mass is 476 g/mol. The molecule has 178 valence electrons. The summed E-state index contributed by atoms with van der Waals surface area (Å²) < 4.78 is 37.7. The zero-order valence-corrected chi connectivity index (χ0v) is 19.6. The molecule has 1 saturated heterocycles. The van der Waals surface area contributed by atoms with Gasteiger partial charge in [0.05, 0.1) is 30.9 Å². The molecule has 2 amide bonds. The Morgan fingerprint density at radius 2 is 1.76 bits per heavy atom. The first kappa shape index (κ1) is 24.5. The minimum atomic E-state index is -3.68. The predicted molar refractivity (Wildman–Crippen MR) is 125 cm³/mol. The molecule has 11 heteroatoms. The van der Waals surface area contributed by atoms with E-state index in [1.54, 1.807) is 37.3 Å². The molecule has 0 spiro atoms. The molecule has 0 unspecified atom stereocenters. The highest BCUT2D eigenvalue weighted by atomic mass is 32.2. The second-order valence-corrected chi connectivity index (χ2v) is 9.43. The van der Waals surface area contributed by atoms with Crippen molar-refractivity contribution in [2.75, 3.05) is 49.4 Å². The number of sulfonamides is 1. The van der Waals surface area contributed by atoms with Crippen LogP contribution in [-0.2, 0) is 24.3 Å². The number of hydrogen-bond donors (Lipinski definition) is 3. The lowest BCUT2D eigenvalue weighted by molar-refractivity contribution is -0.116. The third kappa shape index (κ3) is 6.21. The van der Waals surface area contributed by atoms with Crippen molar-refractivity contribution < 1.29 is 27.5 Å². The molecule has 10 nitrogen and oxygen atoms in total. The Bertz CT molecular complexity index is 1120. The number of methoxy groups -OCH3 is 1. The maximum absolute atomic E-state index is 12.9. The van der Waals surface area contributed by atoms with Crippen LogP contribution in [0.2, 0.25) is 0 Å². The van der Waals surface area contributed by atoms with Crippen molar-refractivity contribution in [1.82, 2.24) is 4.31 Å². The summed E-state index contributed by atoms with van der Waals surface area (Å²) in [6.07, 6.45) is 0. The summed E-state index contributed by atoms with van der Waals surface area (Å²) in [5, 5.41) is 8.49. The zero-order valence-electron chi connectivity index (χ0n) is 18.8. The summed E-state index contributed by atoms with van der Waals surface area (Å²) in [4.78, 5) is 24.2. The highest BCUT2D eigenvalue weighted by Gasteiger charge is 2.26. The highest BCUT2D eigenvalue weighted by Crippen LogP contribution is 2.29. The van der Waals surface area contributed by atoms with E-state index in [0.29, 0.717) is 49.1 Å². The van der Waals surface area contributed by atoms with Gasteiger partial charge in [0.15, 0.2) is 0 Å². The van der Waals surface area contributed by atoms with E-state index in [0.717, 1.165) is 0 Å². The molecule has 1 fully saturated rings. The van der Waals surface area contributed by atoms with Crippen LogP contribution in [0.1, 0.15) is 13.8 Å². The van der Waals surface area contributed by atoms with Crippen molar-refractivity contribution >= 4 is 38.9 Å². The molecule has 1 atom stereocenters. The summed E-state index contributed by atoms with van der Waals surface area (Å²) in [5.74, 6) is -0.0888. The molecule has 0 aromatic heterocycles. The van der Waals surface area contributed by atoms with Crippen LogP contribution in [0, 0.1) is 0 Å². The molecule has 1 aliphatic heterocycles. The molecule has 33 heavy (non-hydrogen) atoms. The number of carbonyl (C=O) groups excluding carboxylic acids is 2. The zero-order chi connectivity index (χ0) is 24.0. The largest absolute Gasteiger partial charge is 0.495 e. The van der Waals surface area contributed by atoms with E-state index in [2.05, 4.69) is 16.0 Å². The summed E-state index contributed by atoms with van der Waals surface area (Å²) in [6.45, 7) is 4.35. The molecule has 1 heterocycles. The average Bonchev–Trinajstić information content (AvgIpc) is 2.79. The average molecular weight is 477 g/mol. The third-order valence-electron chi connectivity index (χ3n) is 4.99. The van der Waals surface area contributed by atoms with Crippen LogP contribution in [0.15, 0.2) is 47.4 Å². The molecule has 3 rings (SSSR count). The molecule has 0 aliphatic carbocycles. The van der Waals surface area contributed by atoms with Gasteiger partial charge in [0, 0.05) is 31.4 Å². The Balaban J connectivity index is 1.71. The topological polar surface area (TPSA) is 126 Å². The fourth-order valence-corrected chi connectivity index (χ4v) is 4.78. The van der Waals surface area contributed by atoms with Gasteiger partial charge in [0.25, 0.3) is 0 Å². The number of nitrogens with zero attached hydrogens (tertiary/aromatic N) is 1. The first-order chi connectivity index (χ1) is 15.7. The Morgan fingerprint density at radius 3 is 2.42 bits per heavy atom. The van der Waals surface area contributed by atoms with Crippen LogP contribution in [0.25, 0.3) is 0 Å². The lowest BCUT2D eigenvalue weighted by Crippen LogP contribution is -2.40. The number of carbonyl (C=O) groups is 2. The van der Waals surface area contributed by atoms with Gasteiger partial charge in [-0.2, -0.15) is 4.31 Å². The summed E-state index contributed by atoms with van der Waals surface area (Å²) in [5.41, 5.74) is 1.44. The molecule has 2 aromatic carbocycles. The van der Waals surface area contributed by atoms with Crippen LogP contribution in [0.4, 0.5) is 17.1 Å². The SMILES string of the molecule is COc1ccc(NC(C)=O)cc1N[C@@H](C)C(=O)Nc1cccc(S(=O)(=O)N2CCOCC2)c1. The molecule has 2 aromatic rings. The fourth-order valence-electron chi connectivity index (χ4n) is 3.32. The molecule has 1 aliphatic rings. The maximum atomic E-state index is 12.9. The van der Waals surface area contributed by atoms with E-state index in [4.69, 9.17) is 9.47 Å². The molecule has 0 bridgehead atoms. The van der Waals surface area contributed by atoms with Crippen molar-refractivity contribution in [3.05, 3.63) is 42.5 Å². The standard InChI is InChI=1S/C22H28N4O6S/c1-15(23-20-14-18(24-16(2)27)7-8-21(20)31-3)22(28)25-17-5-4-6-19(13-17)33(29,30)26-9-11-32-12-10-26/h4-8,13-15,23H,9-12H2,1-3H3,(H,24,27)(H,25,28)/t15-/m0/s1. The van der Waals surface area contributed by atoms with E-state index in [1.165, 1.54) is 30.5 Å². The van der Waals surface area contributed by atoms with Crippen LogP contribution < -0.4 is 20.7 Å². The van der Waals surface area contributed by atoms with Crippen LogP contribution in [0.3, 0.4) is 0 Å². The Morgan fingerprint density at radius 1 is 1.06 bits per heavy atom. The van der Waals surface area contributed by atoms with E-state index in [9.17, 15) is 18.0 Å². The third-order valence-corrected chi connectivity index (χ3v) is 6.89. The highest BCUT2D eigenvalue weighted by molar-refractivity contribution is 7.89. The van der Waals surface area contributed by atoms with E-state index in [-0.39, 0.29) is 16.7 Å². The second kappa shape index (κ2) is 10.6. The van der Waals surface area contributed by atoms with Crippen LogP contribution >= 0.6 is 0 Å². The fraction of sp³-hybridized carbons (Fsp3) is 0.364. The summed E-state index contributed by atoms with van der Waals surface area (Å²) in [6, 6.07) is 10.5. The van der Waals surface area contributed by atoms with Crippen LogP contribution in [-0.4, -0.2) is 64.0 Å². The van der Waals surface area contributed by atoms with Crippen molar-refractivity contribution in [3.8, 4) is 5.75 Å². The van der Waals surface area contributed by atoms with Gasteiger partial charge in [-0.25, -0.2) is 8.42 Å². The summed E-state index contributed by atoms with van der Waals surface area (Å²) >= 11 is 0. The van der Waals surface area contributed by atoms with Gasteiger partial charge >= 0.3 is 0 Å². The van der Waals surface area contributed by atoms with Gasteiger partial charge in [-0.15, -0.1) is 0 Å². The normalized spacial score (nSPS) is 15.4. The Kier molecular flexibility index (Phi) is 7.90. The number of nitrogens with one attached hydrogen (secondary N) is 3. The number of benzene rings is 2. The molecular formula is C22H28N4O6S. The number of amides is 2. The second-order valence-electron chi connectivity index (χ2n) is 7.50. The lowest BCUT2D eigenvalue weighted by Gasteiger charge is -2.26. The van der Waals surface area contributed by atoms with E-state index >= 15 is 0 Å². The van der Waals surface area contributed by atoms with Crippen molar-refractivity contribution in [3.63, 3.8) is 0 Å². The van der Waals surface area contributed by atoms with Gasteiger partial charge in [0.1, 0.15) is 11.8 Å². The van der Waals surface area contributed by atoms with Gasteiger partial charge in [-0.1, -0.05) is 6.07 Å². The number of anilines is 3. The quantitative estimate of drug-likeness (QED) is 0.533. The first-order valence-electron chi connectivity index (χ1n) is 10.4. The van der Waals surface area contributed by atoms with Gasteiger partial charge < -0.3 is 25.4 Å². The molecule has 0 saturated carbocycles. The van der Waals surface area contributed by atoms with E-state index in [1.807, 2.05) is 0 Å². The molecular weight excluding hydrogens is 448 g/mol. The Labute approximate surface area is 193 Å². The van der Waals surface area contributed by atoms with Gasteiger partial charge in [-0.05, 0) is 43.3 Å². The van der Waals surface area contributed by atoms with Crippen molar-refractivity contribution in [1.29, 1.82) is 0 Å². The number of morpholine rings is 1. The van der Waals surface area contributed by atoms with Crippen LogP contribution in [0.5, 0.6) is 5.75 Å². The van der Waals surface area contributed by atoms with Crippen molar-refractivity contribution in [2.24, 2.45) is 0 Å². The molecule has 3 N–H and O–H groups in total. The minimum Gasteiger partial charge on any atom is -0.495 e. The van der Waals surface area contributed by atoms with Crippen molar-refractivity contribution in [2.45, 2.75) is 24.8 Å². The number of hydrogen-bond acceptors (Lipinski definition) is 7. The first-order valence-corrected chi connectivity index (χ1v) is 11.9. The predicted octanol–water partition coefficient (Wildman–Crippen LogP) is 2.11. The smallest absolute Gasteiger partial charge is 0.246 e. The lowest BCUT2D eigenvalue weighted by atomic mass is 10.2. The Hall–Kier alpha value is -3.15.